The minimum absolute atomic E-state index is 0.452. The van der Waals surface area contributed by atoms with E-state index in [9.17, 15) is 0 Å². The molecule has 1 unspecified atom stereocenters. The number of hydrogen-bond donors (Lipinski definition) is 1. The molecule has 22 heavy (non-hydrogen) atoms. The first kappa shape index (κ1) is 16.4. The van der Waals surface area contributed by atoms with Gasteiger partial charge in [0, 0.05) is 31.7 Å². The predicted molar refractivity (Wildman–Crippen MR) is 95.0 cm³/mol. The van der Waals surface area contributed by atoms with Crippen LogP contribution < -0.4 is 10.6 Å². The van der Waals surface area contributed by atoms with Crippen molar-refractivity contribution in [3.05, 3.63) is 28.2 Å². The summed E-state index contributed by atoms with van der Waals surface area (Å²) in [5.41, 5.74) is 6.93. The molecule has 0 aromatic heterocycles. The lowest BCUT2D eigenvalue weighted by Crippen LogP contribution is -2.52. The van der Waals surface area contributed by atoms with E-state index in [0.29, 0.717) is 22.1 Å². The Bertz CT molecular complexity index is 517. The summed E-state index contributed by atoms with van der Waals surface area (Å²) in [5, 5.41) is 1.31. The van der Waals surface area contributed by atoms with Crippen LogP contribution in [0.5, 0.6) is 0 Å². The van der Waals surface area contributed by atoms with Gasteiger partial charge in [0.25, 0.3) is 0 Å². The smallest absolute Gasteiger partial charge is 0.0825 e. The molecule has 1 aromatic carbocycles. The maximum Gasteiger partial charge on any atom is 0.0825 e. The van der Waals surface area contributed by atoms with Gasteiger partial charge in [0.05, 0.1) is 15.7 Å². The van der Waals surface area contributed by atoms with Crippen LogP contribution in [0.1, 0.15) is 26.2 Å². The van der Waals surface area contributed by atoms with Crippen molar-refractivity contribution in [1.82, 2.24) is 4.90 Å². The molecule has 0 bridgehead atoms. The number of halogens is 2. The minimum atomic E-state index is 0.452. The molecule has 1 aromatic rings. The van der Waals surface area contributed by atoms with Gasteiger partial charge in [-0.15, -0.1) is 0 Å². The fourth-order valence-corrected chi connectivity index (χ4v) is 4.10. The van der Waals surface area contributed by atoms with Crippen molar-refractivity contribution in [3.8, 4) is 0 Å². The van der Waals surface area contributed by atoms with Crippen molar-refractivity contribution in [3.63, 3.8) is 0 Å². The maximum absolute atomic E-state index is 6.37. The molecule has 3 rings (SSSR count). The van der Waals surface area contributed by atoms with Gasteiger partial charge in [-0.2, -0.15) is 0 Å². The minimum Gasteiger partial charge on any atom is -0.365 e. The Morgan fingerprint density at radius 1 is 1.23 bits per heavy atom. The second kappa shape index (κ2) is 6.96. The third-order valence-electron chi connectivity index (χ3n) is 5.08. The number of nitrogens with zero attached hydrogens (tertiary/aromatic N) is 2. The van der Waals surface area contributed by atoms with Crippen LogP contribution in [0.2, 0.25) is 10.0 Å². The van der Waals surface area contributed by atoms with E-state index in [4.69, 9.17) is 28.9 Å². The number of benzene rings is 1. The first-order valence-corrected chi connectivity index (χ1v) is 8.98. The van der Waals surface area contributed by atoms with E-state index in [-0.39, 0.29) is 0 Å². The molecule has 1 atom stereocenters. The molecule has 3 nitrogen and oxygen atoms in total. The van der Waals surface area contributed by atoms with Gasteiger partial charge in [0.2, 0.25) is 0 Å². The van der Waals surface area contributed by atoms with Crippen LogP contribution in [-0.2, 0) is 0 Å². The van der Waals surface area contributed by atoms with Gasteiger partial charge in [-0.25, -0.2) is 0 Å². The summed E-state index contributed by atoms with van der Waals surface area (Å²) in [6.07, 6.45) is 3.72. The fraction of sp³-hybridized carbons (Fsp3) is 0.647. The quantitative estimate of drug-likeness (QED) is 0.907. The Morgan fingerprint density at radius 3 is 2.68 bits per heavy atom. The molecule has 0 spiro atoms. The van der Waals surface area contributed by atoms with E-state index in [1.807, 2.05) is 12.1 Å². The van der Waals surface area contributed by atoms with Gasteiger partial charge < -0.3 is 10.6 Å². The number of rotatable bonds is 4. The molecule has 0 amide bonds. The monoisotopic (exact) mass is 341 g/mol. The lowest BCUT2D eigenvalue weighted by Gasteiger charge is -2.42. The number of hydrogen-bond acceptors (Lipinski definition) is 3. The summed E-state index contributed by atoms with van der Waals surface area (Å²) in [5.74, 6) is 0.853. The van der Waals surface area contributed by atoms with Gasteiger partial charge in [-0.1, -0.05) is 29.3 Å². The summed E-state index contributed by atoms with van der Waals surface area (Å²) in [6, 6.07) is 6.80. The number of anilines is 1. The Balaban J connectivity index is 1.54. The highest BCUT2D eigenvalue weighted by Crippen LogP contribution is 2.34. The van der Waals surface area contributed by atoms with Crippen LogP contribution in [0.15, 0.2) is 18.2 Å². The normalized spacial score (nSPS) is 29.5. The Kier molecular flexibility index (Phi) is 5.18. The molecule has 2 N–H and O–H groups in total. The summed E-state index contributed by atoms with van der Waals surface area (Å²) < 4.78 is 0. The average molecular weight is 342 g/mol. The Hall–Kier alpha value is -0.480. The number of piperazine rings is 1. The Morgan fingerprint density at radius 2 is 2.00 bits per heavy atom. The molecule has 2 fully saturated rings. The second-order valence-corrected chi connectivity index (χ2v) is 7.59. The van der Waals surface area contributed by atoms with Crippen molar-refractivity contribution in [1.29, 1.82) is 0 Å². The highest BCUT2D eigenvalue weighted by atomic mass is 35.5. The van der Waals surface area contributed by atoms with Crippen LogP contribution in [0.25, 0.3) is 0 Å². The van der Waals surface area contributed by atoms with Crippen LogP contribution in [0, 0.1) is 5.92 Å². The molecule has 122 valence electrons. The molecule has 1 saturated carbocycles. The van der Waals surface area contributed by atoms with Crippen LogP contribution in [0.4, 0.5) is 5.69 Å². The van der Waals surface area contributed by atoms with Crippen LogP contribution in [-0.4, -0.2) is 43.2 Å². The summed E-state index contributed by atoms with van der Waals surface area (Å²) in [7, 11) is 0. The van der Waals surface area contributed by atoms with Crippen molar-refractivity contribution in [2.45, 2.75) is 38.3 Å². The molecule has 1 aliphatic heterocycles. The zero-order valence-corrected chi connectivity index (χ0v) is 14.7. The van der Waals surface area contributed by atoms with Gasteiger partial charge in [0.15, 0.2) is 0 Å². The number of nitrogens with two attached hydrogens (primary N) is 1. The lowest BCUT2D eigenvalue weighted by atomic mass is 9.79. The molecule has 1 heterocycles. The zero-order chi connectivity index (χ0) is 15.7. The highest BCUT2D eigenvalue weighted by Gasteiger charge is 2.29. The van der Waals surface area contributed by atoms with Gasteiger partial charge in [-0.3, -0.25) is 4.90 Å². The van der Waals surface area contributed by atoms with Gasteiger partial charge >= 0.3 is 0 Å². The van der Waals surface area contributed by atoms with E-state index in [2.05, 4.69) is 22.8 Å². The molecular formula is C17H25Cl2N3. The van der Waals surface area contributed by atoms with E-state index < -0.39 is 0 Å². The van der Waals surface area contributed by atoms with Crippen molar-refractivity contribution < 1.29 is 0 Å². The largest absolute Gasteiger partial charge is 0.365 e. The lowest BCUT2D eigenvalue weighted by molar-refractivity contribution is 0.177. The maximum atomic E-state index is 6.37. The molecule has 1 aliphatic carbocycles. The first-order valence-electron chi connectivity index (χ1n) is 8.23. The topological polar surface area (TPSA) is 32.5 Å². The van der Waals surface area contributed by atoms with Crippen molar-refractivity contribution >= 4 is 28.9 Å². The highest BCUT2D eigenvalue weighted by molar-refractivity contribution is 6.43. The zero-order valence-electron chi connectivity index (χ0n) is 13.1. The van der Waals surface area contributed by atoms with E-state index >= 15 is 0 Å². The predicted octanol–water partition coefficient (Wildman–Crippen LogP) is 3.63. The average Bonchev–Trinajstić information content (AvgIpc) is 2.46. The van der Waals surface area contributed by atoms with Gasteiger partial charge in [0.1, 0.15) is 0 Å². The van der Waals surface area contributed by atoms with Crippen LogP contribution in [0.3, 0.4) is 0 Å². The summed E-state index contributed by atoms with van der Waals surface area (Å²) in [6.45, 7) is 6.64. The molecule has 1 saturated heterocycles. The molecular weight excluding hydrogens is 317 g/mol. The molecule has 2 aliphatic rings. The van der Waals surface area contributed by atoms with E-state index in [1.165, 1.54) is 25.8 Å². The van der Waals surface area contributed by atoms with Crippen LogP contribution >= 0.6 is 23.2 Å². The second-order valence-electron chi connectivity index (χ2n) is 6.80. The standard InChI is InChI=1S/C17H25Cl2N3/c1-12-11-21(6-5-13-9-14(20)10-13)7-8-22(12)16-4-2-3-15(18)17(16)19/h2-4,12-14H,5-11,20H2,1H3. The first-order chi connectivity index (χ1) is 10.5. The molecule has 5 heteroatoms. The summed E-state index contributed by atoms with van der Waals surface area (Å²) in [4.78, 5) is 4.95. The SMILES string of the molecule is CC1CN(CCC2CC(N)C2)CCN1c1cccc(Cl)c1Cl. The molecule has 0 radical (unpaired) electrons. The van der Waals surface area contributed by atoms with Gasteiger partial charge in [-0.05, 0) is 50.8 Å². The summed E-state index contributed by atoms with van der Waals surface area (Å²) >= 11 is 12.5. The van der Waals surface area contributed by atoms with E-state index in [0.717, 1.165) is 31.2 Å². The fourth-order valence-electron chi connectivity index (χ4n) is 3.70. The third kappa shape index (κ3) is 3.53. The van der Waals surface area contributed by atoms with Crippen molar-refractivity contribution in [2.75, 3.05) is 31.1 Å². The van der Waals surface area contributed by atoms with E-state index in [1.54, 1.807) is 0 Å². The Labute approximate surface area is 143 Å². The van der Waals surface area contributed by atoms with Crippen molar-refractivity contribution in [2.24, 2.45) is 11.7 Å². The third-order valence-corrected chi connectivity index (χ3v) is 5.89.